The van der Waals surface area contributed by atoms with Crippen molar-refractivity contribution in [2.75, 3.05) is 0 Å². The average molecular weight is 741 g/mol. The van der Waals surface area contributed by atoms with Crippen LogP contribution in [0.2, 0.25) is 0 Å². The van der Waals surface area contributed by atoms with Crippen molar-refractivity contribution in [3.63, 3.8) is 0 Å². The predicted molar refractivity (Wildman–Crippen MR) is 239 cm³/mol. The van der Waals surface area contributed by atoms with Gasteiger partial charge in [-0.2, -0.15) is 0 Å². The highest BCUT2D eigenvalue weighted by atomic mass is 14.9. The zero-order valence-electron chi connectivity index (χ0n) is 32.5. The maximum atomic E-state index is 5.40. The highest BCUT2D eigenvalue weighted by Crippen LogP contribution is 2.63. The minimum absolute atomic E-state index is 0.183. The van der Waals surface area contributed by atoms with Crippen LogP contribution < -0.4 is 0 Å². The molecular formula is C56H40N2. The lowest BCUT2D eigenvalue weighted by molar-refractivity contribution is 0.563. The Morgan fingerprint density at radius 1 is 0.310 bits per heavy atom. The highest BCUT2D eigenvalue weighted by Gasteiger charge is 2.53. The first-order valence-electron chi connectivity index (χ1n) is 20.2. The van der Waals surface area contributed by atoms with Crippen molar-refractivity contribution in [1.29, 1.82) is 0 Å². The van der Waals surface area contributed by atoms with E-state index in [2.05, 4.69) is 220 Å². The standard InChI is InChI=1S/C56H40N2/c1-55(2)46-24-12-14-26-48(46)56(49-27-15-13-25-47(49)55)45-34-33-42(39-31-29-38(30-32-39)37-17-6-3-7-18-37)35-44(45)53-43(23-16-28-50(53)56)54-57-51(40-19-8-4-9-20-40)36-52(58-54)41-21-10-5-11-22-41/h3-36H,1-2H3. The van der Waals surface area contributed by atoms with Gasteiger partial charge in [0.15, 0.2) is 5.82 Å². The Hall–Kier alpha value is -7.16. The van der Waals surface area contributed by atoms with Gasteiger partial charge in [-0.15, -0.1) is 0 Å². The Labute approximate surface area is 340 Å². The summed E-state index contributed by atoms with van der Waals surface area (Å²) in [6.07, 6.45) is 0. The number of rotatable bonds is 5. The van der Waals surface area contributed by atoms with Crippen molar-refractivity contribution in [3.05, 3.63) is 240 Å². The topological polar surface area (TPSA) is 25.8 Å². The van der Waals surface area contributed by atoms with E-state index in [0.29, 0.717) is 0 Å². The second kappa shape index (κ2) is 13.2. The fraction of sp³-hybridized carbons (Fsp3) is 0.0714. The Balaban J connectivity index is 1.21. The molecule has 2 nitrogen and oxygen atoms in total. The highest BCUT2D eigenvalue weighted by molar-refractivity contribution is 5.97. The molecule has 2 heteroatoms. The van der Waals surface area contributed by atoms with Gasteiger partial charge in [-0.05, 0) is 78.9 Å². The van der Waals surface area contributed by atoms with E-state index in [1.54, 1.807) is 0 Å². The predicted octanol–water partition coefficient (Wildman–Crippen LogP) is 13.8. The van der Waals surface area contributed by atoms with E-state index in [0.717, 1.165) is 33.9 Å². The second-order valence-corrected chi connectivity index (χ2v) is 16.1. The first kappa shape index (κ1) is 34.1. The second-order valence-electron chi connectivity index (χ2n) is 16.1. The summed E-state index contributed by atoms with van der Waals surface area (Å²) >= 11 is 0. The van der Waals surface area contributed by atoms with Crippen molar-refractivity contribution >= 4 is 0 Å². The molecule has 58 heavy (non-hydrogen) atoms. The Bertz CT molecular complexity index is 2890. The summed E-state index contributed by atoms with van der Waals surface area (Å²) in [6.45, 7) is 4.75. The van der Waals surface area contributed by atoms with Crippen LogP contribution in [0.4, 0.5) is 0 Å². The molecule has 0 unspecified atom stereocenters. The summed E-state index contributed by atoms with van der Waals surface area (Å²) in [5.41, 5.74) is 19.3. The van der Waals surface area contributed by atoms with Gasteiger partial charge in [-0.1, -0.05) is 208 Å². The van der Waals surface area contributed by atoms with Crippen LogP contribution in [0.5, 0.6) is 0 Å². The lowest BCUT2D eigenvalue weighted by Crippen LogP contribution is -2.40. The van der Waals surface area contributed by atoms with Gasteiger partial charge < -0.3 is 0 Å². The third-order valence-corrected chi connectivity index (χ3v) is 12.6. The molecule has 0 aliphatic heterocycles. The third-order valence-electron chi connectivity index (χ3n) is 12.6. The molecule has 2 aliphatic rings. The molecule has 0 saturated carbocycles. The Morgan fingerprint density at radius 2 is 0.741 bits per heavy atom. The van der Waals surface area contributed by atoms with E-state index < -0.39 is 5.41 Å². The zero-order chi connectivity index (χ0) is 38.8. The van der Waals surface area contributed by atoms with Crippen LogP contribution in [-0.4, -0.2) is 9.97 Å². The van der Waals surface area contributed by atoms with Crippen LogP contribution in [-0.2, 0) is 10.8 Å². The number of hydrogen-bond acceptors (Lipinski definition) is 2. The van der Waals surface area contributed by atoms with Crippen LogP contribution in [0.3, 0.4) is 0 Å². The van der Waals surface area contributed by atoms with Gasteiger partial charge in [-0.25, -0.2) is 9.97 Å². The molecular weight excluding hydrogens is 701 g/mol. The van der Waals surface area contributed by atoms with Gasteiger partial charge in [0.1, 0.15) is 0 Å². The number of hydrogen-bond donors (Lipinski definition) is 0. The number of fused-ring (bicyclic) bond motifs is 9. The lowest BCUT2D eigenvalue weighted by atomic mass is 9.55. The van der Waals surface area contributed by atoms with Crippen LogP contribution in [0, 0.1) is 0 Å². The van der Waals surface area contributed by atoms with Crippen LogP contribution in [0.1, 0.15) is 47.2 Å². The SMILES string of the molecule is CC1(C)c2ccccc2C2(c3ccc(-c4ccc(-c5ccccc5)cc4)cc3-c3c(-c4nc(-c5ccccc5)cc(-c5ccccc5)n4)cccc32)c2ccccc21. The van der Waals surface area contributed by atoms with Crippen LogP contribution >= 0.6 is 0 Å². The van der Waals surface area contributed by atoms with Gasteiger partial charge >= 0.3 is 0 Å². The van der Waals surface area contributed by atoms with E-state index in [9.17, 15) is 0 Å². The van der Waals surface area contributed by atoms with Gasteiger partial charge in [0.05, 0.1) is 16.8 Å². The molecule has 0 saturated heterocycles. The molecule has 0 N–H and O–H groups in total. The van der Waals surface area contributed by atoms with Crippen molar-refractivity contribution in [2.45, 2.75) is 24.7 Å². The van der Waals surface area contributed by atoms with Crippen molar-refractivity contribution in [3.8, 4) is 67.3 Å². The fourth-order valence-corrected chi connectivity index (χ4v) is 9.89. The monoisotopic (exact) mass is 740 g/mol. The van der Waals surface area contributed by atoms with E-state index in [1.807, 2.05) is 0 Å². The van der Waals surface area contributed by atoms with Crippen molar-refractivity contribution in [2.24, 2.45) is 0 Å². The molecule has 0 atom stereocenters. The van der Waals surface area contributed by atoms with Crippen LogP contribution in [0.25, 0.3) is 67.3 Å². The summed E-state index contributed by atoms with van der Waals surface area (Å²) in [4.78, 5) is 10.8. The van der Waals surface area contributed by atoms with Crippen LogP contribution in [0.15, 0.2) is 206 Å². The maximum Gasteiger partial charge on any atom is 0.161 e. The smallest absolute Gasteiger partial charge is 0.161 e. The number of aromatic nitrogens is 2. The summed E-state index contributed by atoms with van der Waals surface area (Å²) in [5, 5.41) is 0. The minimum Gasteiger partial charge on any atom is -0.228 e. The number of benzene rings is 8. The molecule has 0 bridgehead atoms. The summed E-state index contributed by atoms with van der Waals surface area (Å²) in [6, 6.07) is 74.9. The maximum absolute atomic E-state index is 5.40. The van der Waals surface area contributed by atoms with Crippen molar-refractivity contribution in [1.82, 2.24) is 9.97 Å². The Kier molecular flexibility index (Phi) is 7.78. The Morgan fingerprint density at radius 3 is 1.29 bits per heavy atom. The molecule has 0 amide bonds. The molecule has 1 heterocycles. The quantitative estimate of drug-likeness (QED) is 0.176. The molecule has 274 valence electrons. The van der Waals surface area contributed by atoms with Gasteiger partial charge in [-0.3, -0.25) is 0 Å². The first-order valence-corrected chi connectivity index (χ1v) is 20.2. The zero-order valence-corrected chi connectivity index (χ0v) is 32.5. The van der Waals surface area contributed by atoms with E-state index >= 15 is 0 Å². The molecule has 2 aliphatic carbocycles. The molecule has 1 spiro atoms. The number of nitrogens with zero attached hydrogens (tertiary/aromatic N) is 2. The minimum atomic E-state index is -0.543. The van der Waals surface area contributed by atoms with Gasteiger partial charge in [0.25, 0.3) is 0 Å². The van der Waals surface area contributed by atoms with E-state index in [4.69, 9.17) is 9.97 Å². The average Bonchev–Trinajstić information content (AvgIpc) is 3.59. The molecule has 8 aromatic carbocycles. The lowest BCUT2D eigenvalue weighted by Gasteiger charge is -2.46. The van der Waals surface area contributed by atoms with Gasteiger partial charge in [0, 0.05) is 22.1 Å². The third kappa shape index (κ3) is 5.11. The molecule has 11 rings (SSSR count). The molecule has 0 radical (unpaired) electrons. The molecule has 1 aromatic heterocycles. The van der Waals surface area contributed by atoms with E-state index in [1.165, 1.54) is 66.8 Å². The van der Waals surface area contributed by atoms with Gasteiger partial charge in [0.2, 0.25) is 0 Å². The molecule has 0 fully saturated rings. The summed E-state index contributed by atoms with van der Waals surface area (Å²) < 4.78 is 0. The first-order chi connectivity index (χ1) is 28.5. The van der Waals surface area contributed by atoms with E-state index in [-0.39, 0.29) is 5.41 Å². The normalized spacial score (nSPS) is 14.0. The molecule has 9 aromatic rings. The summed E-state index contributed by atoms with van der Waals surface area (Å²) in [5.74, 6) is 0.718. The fourth-order valence-electron chi connectivity index (χ4n) is 9.89. The summed E-state index contributed by atoms with van der Waals surface area (Å²) in [7, 11) is 0. The largest absolute Gasteiger partial charge is 0.228 e. The van der Waals surface area contributed by atoms with Crippen molar-refractivity contribution < 1.29 is 0 Å².